The summed E-state index contributed by atoms with van der Waals surface area (Å²) in [5, 5.41) is 2.96. The van der Waals surface area contributed by atoms with Crippen molar-refractivity contribution in [2.45, 2.75) is 38.1 Å². The molecule has 7 heteroatoms. The van der Waals surface area contributed by atoms with Crippen LogP contribution in [0.4, 0.5) is 0 Å². The fourth-order valence-corrected chi connectivity index (χ4v) is 5.38. The number of nitrogens with zero attached hydrogens (tertiary/aromatic N) is 1. The number of methoxy groups -OCH3 is 1. The van der Waals surface area contributed by atoms with Crippen LogP contribution in [0.25, 0.3) is 0 Å². The Labute approximate surface area is 172 Å². The number of amides is 1. The number of ether oxygens (including phenoxy) is 1. The van der Waals surface area contributed by atoms with Crippen LogP contribution in [0.1, 0.15) is 29.5 Å². The number of hydrogen-bond acceptors (Lipinski definition) is 4. The van der Waals surface area contributed by atoms with Crippen molar-refractivity contribution >= 4 is 15.9 Å². The largest absolute Gasteiger partial charge is 0.497 e. The number of benzene rings is 2. The van der Waals surface area contributed by atoms with E-state index in [1.165, 1.54) is 4.31 Å². The maximum absolute atomic E-state index is 13.0. The van der Waals surface area contributed by atoms with Gasteiger partial charge in [-0.3, -0.25) is 4.79 Å². The monoisotopic (exact) mass is 416 g/mol. The van der Waals surface area contributed by atoms with Crippen LogP contribution < -0.4 is 10.1 Å². The Morgan fingerprint density at radius 1 is 1.14 bits per heavy atom. The summed E-state index contributed by atoms with van der Waals surface area (Å²) in [5.41, 5.74) is 2.75. The molecule has 2 aromatic rings. The molecule has 6 nitrogen and oxygen atoms in total. The van der Waals surface area contributed by atoms with Crippen LogP contribution >= 0.6 is 0 Å². The lowest BCUT2D eigenvalue weighted by molar-refractivity contribution is -0.126. The minimum Gasteiger partial charge on any atom is -0.497 e. The van der Waals surface area contributed by atoms with E-state index in [0.717, 1.165) is 22.4 Å². The van der Waals surface area contributed by atoms with Crippen molar-refractivity contribution in [3.8, 4) is 5.75 Å². The summed E-state index contributed by atoms with van der Waals surface area (Å²) in [5.74, 6) is 0.546. The highest BCUT2D eigenvalue weighted by atomic mass is 32.2. The van der Waals surface area contributed by atoms with Gasteiger partial charge < -0.3 is 10.1 Å². The maximum atomic E-state index is 13.0. The highest BCUT2D eigenvalue weighted by Gasteiger charge is 2.32. The standard InChI is InChI=1S/C22H28N2O4S/c1-16-7-8-21(17(2)13-16)29(26,27)24-11-9-19(10-12-24)22(25)23-15-18-5-4-6-20(14-18)28-3/h4-8,13-14,19H,9-12,15H2,1-3H3,(H,23,25). The average Bonchev–Trinajstić information content (AvgIpc) is 2.72. The highest BCUT2D eigenvalue weighted by molar-refractivity contribution is 7.89. The lowest BCUT2D eigenvalue weighted by Crippen LogP contribution is -2.43. The van der Waals surface area contributed by atoms with Crippen molar-refractivity contribution in [1.82, 2.24) is 9.62 Å². The molecular formula is C22H28N2O4S. The zero-order valence-corrected chi connectivity index (χ0v) is 18.0. The molecular weight excluding hydrogens is 388 g/mol. The first-order valence-electron chi connectivity index (χ1n) is 9.79. The lowest BCUT2D eigenvalue weighted by atomic mass is 9.97. The van der Waals surface area contributed by atoms with Crippen LogP contribution in [0.5, 0.6) is 5.75 Å². The predicted molar refractivity (Wildman–Crippen MR) is 112 cm³/mol. The van der Waals surface area contributed by atoms with E-state index < -0.39 is 10.0 Å². The average molecular weight is 417 g/mol. The van der Waals surface area contributed by atoms with Gasteiger partial charge in [0, 0.05) is 25.6 Å². The van der Waals surface area contributed by atoms with Crippen molar-refractivity contribution in [2.75, 3.05) is 20.2 Å². The van der Waals surface area contributed by atoms with Gasteiger partial charge in [-0.25, -0.2) is 8.42 Å². The van der Waals surface area contributed by atoms with Gasteiger partial charge in [0.1, 0.15) is 5.75 Å². The third-order valence-electron chi connectivity index (χ3n) is 5.37. The Balaban J connectivity index is 1.57. The summed E-state index contributed by atoms with van der Waals surface area (Å²) < 4.78 is 32.7. The van der Waals surface area contributed by atoms with Gasteiger partial charge in [0.25, 0.3) is 0 Å². The fourth-order valence-electron chi connectivity index (χ4n) is 3.70. The molecule has 1 saturated heterocycles. The summed E-state index contributed by atoms with van der Waals surface area (Å²) in [7, 11) is -1.93. The summed E-state index contributed by atoms with van der Waals surface area (Å²) in [6.07, 6.45) is 1.04. The van der Waals surface area contributed by atoms with Crippen LogP contribution in [0.15, 0.2) is 47.4 Å². The highest BCUT2D eigenvalue weighted by Crippen LogP contribution is 2.26. The topological polar surface area (TPSA) is 75.7 Å². The van der Waals surface area contributed by atoms with Crippen LogP contribution in [-0.2, 0) is 21.4 Å². The fraction of sp³-hybridized carbons (Fsp3) is 0.409. The molecule has 1 fully saturated rings. The second-order valence-electron chi connectivity index (χ2n) is 7.52. The Kier molecular flexibility index (Phi) is 6.59. The molecule has 0 bridgehead atoms. The van der Waals surface area contributed by atoms with Crippen LogP contribution in [0.2, 0.25) is 0 Å². The van der Waals surface area contributed by atoms with Crippen molar-refractivity contribution in [1.29, 1.82) is 0 Å². The van der Waals surface area contributed by atoms with Crippen molar-refractivity contribution in [3.05, 3.63) is 59.2 Å². The molecule has 0 aromatic heterocycles. The molecule has 156 valence electrons. The van der Waals surface area contributed by atoms with Crippen LogP contribution in [0, 0.1) is 19.8 Å². The van der Waals surface area contributed by atoms with E-state index in [0.29, 0.717) is 37.4 Å². The van der Waals surface area contributed by atoms with Crippen molar-refractivity contribution in [3.63, 3.8) is 0 Å². The second kappa shape index (κ2) is 8.97. The van der Waals surface area contributed by atoms with E-state index in [1.807, 2.05) is 50.2 Å². The Bertz CT molecular complexity index is 980. The Morgan fingerprint density at radius 3 is 2.52 bits per heavy atom. The minimum absolute atomic E-state index is 0.0311. The summed E-state index contributed by atoms with van der Waals surface area (Å²) in [6, 6.07) is 12.9. The summed E-state index contributed by atoms with van der Waals surface area (Å²) in [4.78, 5) is 12.9. The van der Waals surface area contributed by atoms with E-state index in [4.69, 9.17) is 4.74 Å². The SMILES string of the molecule is COc1cccc(CNC(=O)C2CCN(S(=O)(=O)c3ccc(C)cc3C)CC2)c1. The molecule has 1 aliphatic heterocycles. The zero-order chi connectivity index (χ0) is 21.0. The second-order valence-corrected chi connectivity index (χ2v) is 9.42. The van der Waals surface area contributed by atoms with E-state index >= 15 is 0 Å². The van der Waals surface area contributed by atoms with E-state index in [2.05, 4.69) is 5.32 Å². The molecule has 1 amide bonds. The smallest absolute Gasteiger partial charge is 0.243 e. The molecule has 0 unspecified atom stereocenters. The zero-order valence-electron chi connectivity index (χ0n) is 17.1. The van der Waals surface area contributed by atoms with Crippen LogP contribution in [0.3, 0.4) is 0 Å². The Hall–Kier alpha value is -2.38. The number of nitrogens with one attached hydrogen (secondary N) is 1. The Morgan fingerprint density at radius 2 is 1.86 bits per heavy atom. The summed E-state index contributed by atoms with van der Waals surface area (Å²) in [6.45, 7) is 4.90. The van der Waals surface area contributed by atoms with Gasteiger partial charge in [0.15, 0.2) is 0 Å². The predicted octanol–water partition coefficient (Wildman–Crippen LogP) is 3.03. The van der Waals surface area contributed by atoms with Gasteiger partial charge in [0.05, 0.1) is 12.0 Å². The van der Waals surface area contributed by atoms with E-state index in [1.54, 1.807) is 13.2 Å². The quantitative estimate of drug-likeness (QED) is 0.785. The first-order valence-corrected chi connectivity index (χ1v) is 11.2. The number of aryl methyl sites for hydroxylation is 2. The van der Waals surface area contributed by atoms with Gasteiger partial charge in [-0.2, -0.15) is 4.31 Å². The molecule has 0 radical (unpaired) electrons. The summed E-state index contributed by atoms with van der Waals surface area (Å²) >= 11 is 0. The lowest BCUT2D eigenvalue weighted by Gasteiger charge is -2.31. The van der Waals surface area contributed by atoms with E-state index in [9.17, 15) is 13.2 Å². The van der Waals surface area contributed by atoms with Gasteiger partial charge in [0.2, 0.25) is 15.9 Å². The molecule has 1 aliphatic rings. The third-order valence-corrected chi connectivity index (χ3v) is 7.43. The van der Waals surface area contributed by atoms with Gasteiger partial charge in [-0.1, -0.05) is 29.8 Å². The van der Waals surface area contributed by atoms with Crippen molar-refractivity contribution in [2.24, 2.45) is 5.92 Å². The first kappa shape index (κ1) is 21.3. The number of sulfonamides is 1. The molecule has 0 aliphatic carbocycles. The molecule has 0 saturated carbocycles. The van der Waals surface area contributed by atoms with E-state index in [-0.39, 0.29) is 11.8 Å². The third kappa shape index (κ3) is 4.97. The molecule has 1 N–H and O–H groups in total. The normalized spacial score (nSPS) is 15.8. The van der Waals surface area contributed by atoms with Gasteiger partial charge >= 0.3 is 0 Å². The molecule has 1 heterocycles. The number of carbonyl (C=O) groups excluding carboxylic acids is 1. The van der Waals surface area contributed by atoms with Gasteiger partial charge in [-0.15, -0.1) is 0 Å². The van der Waals surface area contributed by atoms with Crippen molar-refractivity contribution < 1.29 is 17.9 Å². The van der Waals surface area contributed by atoms with Gasteiger partial charge in [-0.05, 0) is 56.0 Å². The number of carbonyl (C=O) groups is 1. The number of hydrogen-bond donors (Lipinski definition) is 1. The van der Waals surface area contributed by atoms with Crippen LogP contribution in [-0.4, -0.2) is 38.8 Å². The molecule has 0 atom stereocenters. The molecule has 3 rings (SSSR count). The number of rotatable bonds is 6. The minimum atomic E-state index is -3.53. The molecule has 2 aromatic carbocycles. The first-order chi connectivity index (χ1) is 13.8. The molecule has 29 heavy (non-hydrogen) atoms. The maximum Gasteiger partial charge on any atom is 0.243 e. The molecule has 0 spiro atoms. The number of piperidine rings is 1.